The van der Waals surface area contributed by atoms with E-state index in [0.29, 0.717) is 0 Å². The Labute approximate surface area is 94.7 Å². The minimum absolute atomic E-state index is 0.175. The van der Waals surface area contributed by atoms with E-state index in [1.54, 1.807) is 12.1 Å². The molecule has 2 N–H and O–H groups in total. The van der Waals surface area contributed by atoms with Crippen LogP contribution in [-0.4, -0.2) is 30.9 Å². The molecule has 16 heavy (non-hydrogen) atoms. The van der Waals surface area contributed by atoms with E-state index < -0.39 is 5.97 Å². The van der Waals surface area contributed by atoms with Gasteiger partial charge in [-0.2, -0.15) is 9.78 Å². The van der Waals surface area contributed by atoms with E-state index in [-0.39, 0.29) is 22.4 Å². The number of aromatic hydroxyl groups is 1. The van der Waals surface area contributed by atoms with Crippen molar-refractivity contribution in [2.75, 3.05) is 0 Å². The molecular weight excluding hydrogens is 234 g/mol. The number of carbonyl (C=O) groups is 1. The van der Waals surface area contributed by atoms with E-state index in [2.05, 4.69) is 10.1 Å². The maximum absolute atomic E-state index is 10.6. The van der Waals surface area contributed by atoms with Gasteiger partial charge in [0.2, 0.25) is 5.88 Å². The van der Waals surface area contributed by atoms with Gasteiger partial charge in [0.25, 0.3) is 0 Å². The Kier molecular flexibility index (Phi) is 2.49. The average Bonchev–Trinajstić information content (AvgIpc) is 2.61. The molecule has 2 heterocycles. The summed E-state index contributed by atoms with van der Waals surface area (Å²) in [6.45, 7) is 0. The van der Waals surface area contributed by atoms with Gasteiger partial charge in [0.15, 0.2) is 11.5 Å². The molecule has 2 rings (SSSR count). The highest BCUT2D eigenvalue weighted by Crippen LogP contribution is 2.22. The fraction of sp³-hybridized carbons (Fsp3) is 0. The first-order valence-corrected chi connectivity index (χ1v) is 4.60. The molecule has 0 aliphatic carbocycles. The van der Waals surface area contributed by atoms with Crippen molar-refractivity contribution >= 4 is 17.6 Å². The van der Waals surface area contributed by atoms with Crippen LogP contribution in [0.4, 0.5) is 0 Å². The van der Waals surface area contributed by atoms with Crippen LogP contribution in [0.2, 0.25) is 5.02 Å². The van der Waals surface area contributed by atoms with Gasteiger partial charge in [0.1, 0.15) is 0 Å². The second-order valence-corrected chi connectivity index (χ2v) is 3.32. The van der Waals surface area contributed by atoms with Crippen LogP contribution in [-0.2, 0) is 0 Å². The highest BCUT2D eigenvalue weighted by molar-refractivity contribution is 6.32. The first-order valence-electron chi connectivity index (χ1n) is 4.23. The van der Waals surface area contributed by atoms with Crippen LogP contribution in [0.1, 0.15) is 10.5 Å². The fourth-order valence-corrected chi connectivity index (χ4v) is 1.37. The number of pyridine rings is 1. The lowest BCUT2D eigenvalue weighted by Gasteiger charge is -2.02. The molecule has 7 heteroatoms. The van der Waals surface area contributed by atoms with E-state index in [9.17, 15) is 9.90 Å². The second kappa shape index (κ2) is 3.82. The first kappa shape index (κ1) is 10.4. The van der Waals surface area contributed by atoms with Gasteiger partial charge in [-0.25, -0.2) is 9.78 Å². The molecule has 0 aliphatic heterocycles. The summed E-state index contributed by atoms with van der Waals surface area (Å²) in [6.07, 6.45) is 1.46. The van der Waals surface area contributed by atoms with Crippen molar-refractivity contribution < 1.29 is 15.0 Å². The summed E-state index contributed by atoms with van der Waals surface area (Å²) >= 11 is 5.84. The predicted octanol–water partition coefficient (Wildman–Crippen LogP) is 1.32. The van der Waals surface area contributed by atoms with Crippen molar-refractivity contribution in [3.8, 4) is 11.7 Å². The third-order valence-electron chi connectivity index (χ3n) is 1.85. The number of aromatic nitrogens is 3. The average molecular weight is 240 g/mol. The van der Waals surface area contributed by atoms with Crippen LogP contribution in [0.5, 0.6) is 5.88 Å². The van der Waals surface area contributed by atoms with Gasteiger partial charge in [-0.3, -0.25) is 0 Å². The van der Waals surface area contributed by atoms with Gasteiger partial charge in [-0.1, -0.05) is 11.6 Å². The Morgan fingerprint density at radius 2 is 2.25 bits per heavy atom. The van der Waals surface area contributed by atoms with Gasteiger partial charge in [-0.15, -0.1) is 0 Å². The minimum Gasteiger partial charge on any atom is -0.493 e. The third kappa shape index (κ3) is 1.70. The van der Waals surface area contributed by atoms with E-state index in [1.807, 2.05) is 0 Å². The molecule has 0 spiro atoms. The summed E-state index contributed by atoms with van der Waals surface area (Å²) in [5.41, 5.74) is -0.279. The van der Waals surface area contributed by atoms with Crippen LogP contribution in [0.15, 0.2) is 24.4 Å². The van der Waals surface area contributed by atoms with Crippen molar-refractivity contribution in [1.29, 1.82) is 0 Å². The molecule has 82 valence electrons. The summed E-state index contributed by atoms with van der Waals surface area (Å²) in [4.78, 5) is 14.5. The molecule has 0 saturated carbocycles. The van der Waals surface area contributed by atoms with Gasteiger partial charge in [0, 0.05) is 12.3 Å². The smallest absolute Gasteiger partial charge is 0.356 e. The Bertz CT molecular complexity index is 553. The van der Waals surface area contributed by atoms with Crippen LogP contribution in [0, 0.1) is 0 Å². The van der Waals surface area contributed by atoms with E-state index in [0.717, 1.165) is 10.7 Å². The van der Waals surface area contributed by atoms with Crippen LogP contribution in [0.3, 0.4) is 0 Å². The zero-order chi connectivity index (χ0) is 11.7. The maximum Gasteiger partial charge on any atom is 0.356 e. The molecule has 0 saturated heterocycles. The minimum atomic E-state index is -1.24. The molecule has 0 aliphatic rings. The standard InChI is InChI=1S/C9H6ClN3O3/c10-5-2-1-3-11-8(5)13-7(14)4-6(12-13)9(15)16/h1-4,14H,(H,15,16). The van der Waals surface area contributed by atoms with Crippen molar-refractivity contribution in [1.82, 2.24) is 14.8 Å². The lowest BCUT2D eigenvalue weighted by Crippen LogP contribution is -2.03. The summed E-state index contributed by atoms with van der Waals surface area (Å²) < 4.78 is 0.964. The fourth-order valence-electron chi connectivity index (χ4n) is 1.16. The molecule has 2 aromatic heterocycles. The predicted molar refractivity (Wildman–Crippen MR) is 55.0 cm³/mol. The van der Waals surface area contributed by atoms with Gasteiger partial charge in [-0.05, 0) is 12.1 Å². The maximum atomic E-state index is 10.6. The van der Waals surface area contributed by atoms with Gasteiger partial charge in [0.05, 0.1) is 5.02 Å². The molecule has 6 nitrogen and oxygen atoms in total. The van der Waals surface area contributed by atoms with Crippen molar-refractivity contribution in [3.63, 3.8) is 0 Å². The molecule has 0 fully saturated rings. The Balaban J connectivity index is 2.57. The molecule has 0 unspecified atom stereocenters. The number of hydrogen-bond donors (Lipinski definition) is 2. The van der Waals surface area contributed by atoms with Crippen LogP contribution in [0.25, 0.3) is 5.82 Å². The summed E-state index contributed by atoms with van der Waals surface area (Å²) in [6, 6.07) is 4.20. The highest BCUT2D eigenvalue weighted by atomic mass is 35.5. The summed E-state index contributed by atoms with van der Waals surface area (Å²) in [5, 5.41) is 22.1. The molecule has 0 amide bonds. The lowest BCUT2D eigenvalue weighted by molar-refractivity contribution is 0.0690. The van der Waals surface area contributed by atoms with Crippen LogP contribution < -0.4 is 0 Å². The summed E-state index contributed by atoms with van der Waals surface area (Å²) in [7, 11) is 0. The summed E-state index contributed by atoms with van der Waals surface area (Å²) in [5.74, 6) is -1.40. The zero-order valence-electron chi connectivity index (χ0n) is 7.83. The number of aromatic carboxylic acids is 1. The van der Waals surface area contributed by atoms with E-state index in [1.165, 1.54) is 6.20 Å². The second-order valence-electron chi connectivity index (χ2n) is 2.91. The van der Waals surface area contributed by atoms with E-state index >= 15 is 0 Å². The Morgan fingerprint density at radius 1 is 1.50 bits per heavy atom. The van der Waals surface area contributed by atoms with Crippen molar-refractivity contribution in [2.45, 2.75) is 0 Å². The van der Waals surface area contributed by atoms with Crippen LogP contribution >= 0.6 is 11.6 Å². The number of carboxylic acids is 1. The van der Waals surface area contributed by atoms with Gasteiger partial charge >= 0.3 is 5.97 Å². The topological polar surface area (TPSA) is 88.2 Å². The molecule has 0 radical (unpaired) electrons. The molecular formula is C9H6ClN3O3. The molecule has 0 atom stereocenters. The highest BCUT2D eigenvalue weighted by Gasteiger charge is 2.15. The number of rotatable bonds is 2. The normalized spacial score (nSPS) is 10.3. The molecule has 2 aromatic rings. The molecule has 0 bridgehead atoms. The number of hydrogen-bond acceptors (Lipinski definition) is 4. The third-order valence-corrected chi connectivity index (χ3v) is 2.14. The Hall–Kier alpha value is -2.08. The number of halogens is 1. The SMILES string of the molecule is O=C(O)c1cc(O)n(-c2ncccc2Cl)n1. The Morgan fingerprint density at radius 3 is 2.81 bits per heavy atom. The monoisotopic (exact) mass is 239 g/mol. The number of carboxylic acid groups (broad SMARTS) is 1. The first-order chi connectivity index (χ1) is 7.59. The van der Waals surface area contributed by atoms with Crippen molar-refractivity contribution in [2.24, 2.45) is 0 Å². The number of nitrogens with zero attached hydrogens (tertiary/aromatic N) is 3. The largest absolute Gasteiger partial charge is 0.493 e. The quantitative estimate of drug-likeness (QED) is 0.825. The molecule has 0 aromatic carbocycles. The lowest BCUT2D eigenvalue weighted by atomic mass is 10.4. The van der Waals surface area contributed by atoms with Gasteiger partial charge < -0.3 is 10.2 Å². The zero-order valence-corrected chi connectivity index (χ0v) is 8.59. The van der Waals surface area contributed by atoms with E-state index in [4.69, 9.17) is 16.7 Å². The van der Waals surface area contributed by atoms with Crippen molar-refractivity contribution in [3.05, 3.63) is 35.1 Å².